The summed E-state index contributed by atoms with van der Waals surface area (Å²) in [6.45, 7) is 7.81. The van der Waals surface area contributed by atoms with Crippen molar-refractivity contribution >= 4 is 29.2 Å². The maximum Gasteiger partial charge on any atom is 0.321 e. The summed E-state index contributed by atoms with van der Waals surface area (Å²) in [6.07, 6.45) is 0. The van der Waals surface area contributed by atoms with Gasteiger partial charge >= 0.3 is 6.03 Å². The maximum atomic E-state index is 11.8. The first kappa shape index (κ1) is 17.6. The van der Waals surface area contributed by atoms with Crippen molar-refractivity contribution in [1.82, 2.24) is 15.5 Å². The van der Waals surface area contributed by atoms with Gasteiger partial charge < -0.3 is 10.2 Å². The Labute approximate surface area is 141 Å². The van der Waals surface area contributed by atoms with Crippen molar-refractivity contribution in [2.24, 2.45) is 0 Å². The Morgan fingerprint density at radius 2 is 1.91 bits per heavy atom. The van der Waals surface area contributed by atoms with Gasteiger partial charge in [0, 0.05) is 43.4 Å². The summed E-state index contributed by atoms with van der Waals surface area (Å²) in [4.78, 5) is 27.4. The Hall–Kier alpha value is -1.79. The zero-order valence-corrected chi connectivity index (χ0v) is 14.3. The normalized spacial score (nSPS) is 15.3. The molecular weight excluding hydrogens is 316 g/mol. The average molecular weight is 339 g/mol. The predicted octanol–water partition coefficient (Wildman–Crippen LogP) is 1.62. The molecule has 1 saturated heterocycles. The highest BCUT2D eigenvalue weighted by atomic mass is 35.5. The smallest absolute Gasteiger partial charge is 0.321 e. The van der Waals surface area contributed by atoms with E-state index in [1.807, 2.05) is 23.1 Å². The first-order chi connectivity index (χ1) is 11.0. The molecule has 1 aliphatic heterocycles. The summed E-state index contributed by atoms with van der Waals surface area (Å²) in [7, 11) is 0. The van der Waals surface area contributed by atoms with Crippen LogP contribution in [-0.2, 0) is 4.79 Å². The van der Waals surface area contributed by atoms with Gasteiger partial charge in [-0.3, -0.25) is 15.0 Å². The molecule has 3 amide bonds. The minimum atomic E-state index is -0.439. The molecule has 6 nitrogen and oxygen atoms in total. The number of rotatable bonds is 4. The SMILES string of the molecule is CCNC(=O)NC(=O)CN1CCN(c2cc(Cl)ccc2C)CC1. The van der Waals surface area contributed by atoms with Gasteiger partial charge in [0.2, 0.25) is 5.91 Å². The number of benzene rings is 1. The molecule has 0 bridgehead atoms. The van der Waals surface area contributed by atoms with Crippen LogP contribution in [0.25, 0.3) is 0 Å². The molecule has 0 aromatic heterocycles. The van der Waals surface area contributed by atoms with Crippen LogP contribution in [0.1, 0.15) is 12.5 Å². The highest BCUT2D eigenvalue weighted by Gasteiger charge is 2.20. The Morgan fingerprint density at radius 1 is 1.22 bits per heavy atom. The second-order valence-electron chi connectivity index (χ2n) is 5.60. The fourth-order valence-corrected chi connectivity index (χ4v) is 2.81. The van der Waals surface area contributed by atoms with Crippen molar-refractivity contribution in [3.8, 4) is 0 Å². The van der Waals surface area contributed by atoms with Crippen LogP contribution in [0.3, 0.4) is 0 Å². The summed E-state index contributed by atoms with van der Waals surface area (Å²) in [6, 6.07) is 5.45. The van der Waals surface area contributed by atoms with E-state index >= 15 is 0 Å². The van der Waals surface area contributed by atoms with E-state index in [0.29, 0.717) is 6.54 Å². The number of anilines is 1. The molecule has 2 N–H and O–H groups in total. The lowest BCUT2D eigenvalue weighted by molar-refractivity contribution is -0.121. The van der Waals surface area contributed by atoms with E-state index in [9.17, 15) is 9.59 Å². The van der Waals surface area contributed by atoms with Gasteiger partial charge in [0.1, 0.15) is 0 Å². The molecule has 1 heterocycles. The molecule has 0 saturated carbocycles. The summed E-state index contributed by atoms with van der Waals surface area (Å²) in [5.74, 6) is -0.275. The molecule has 2 rings (SSSR count). The van der Waals surface area contributed by atoms with Crippen LogP contribution < -0.4 is 15.5 Å². The minimum absolute atomic E-state index is 0.236. The van der Waals surface area contributed by atoms with E-state index in [2.05, 4.69) is 22.5 Å². The van der Waals surface area contributed by atoms with Crippen LogP contribution in [-0.4, -0.2) is 56.1 Å². The highest BCUT2D eigenvalue weighted by Crippen LogP contribution is 2.25. The Kier molecular flexibility index (Phi) is 6.24. The number of amides is 3. The second-order valence-corrected chi connectivity index (χ2v) is 6.04. The van der Waals surface area contributed by atoms with Crippen molar-refractivity contribution in [2.75, 3.05) is 44.2 Å². The van der Waals surface area contributed by atoms with Gasteiger partial charge in [0.15, 0.2) is 0 Å². The van der Waals surface area contributed by atoms with Gasteiger partial charge in [-0.25, -0.2) is 4.79 Å². The van der Waals surface area contributed by atoms with E-state index in [-0.39, 0.29) is 12.5 Å². The molecule has 0 spiro atoms. The fourth-order valence-electron chi connectivity index (χ4n) is 2.64. The number of hydrogen-bond donors (Lipinski definition) is 2. The van der Waals surface area contributed by atoms with Crippen LogP contribution in [0.4, 0.5) is 10.5 Å². The quantitative estimate of drug-likeness (QED) is 0.875. The summed E-state index contributed by atoms with van der Waals surface area (Å²) < 4.78 is 0. The second kappa shape index (κ2) is 8.17. The van der Waals surface area contributed by atoms with E-state index in [1.54, 1.807) is 6.92 Å². The van der Waals surface area contributed by atoms with E-state index in [0.717, 1.165) is 36.9 Å². The molecule has 0 atom stereocenters. The zero-order chi connectivity index (χ0) is 16.8. The van der Waals surface area contributed by atoms with Gasteiger partial charge in [-0.1, -0.05) is 17.7 Å². The molecule has 0 aliphatic carbocycles. The number of nitrogens with one attached hydrogen (secondary N) is 2. The number of nitrogens with zero attached hydrogens (tertiary/aromatic N) is 2. The zero-order valence-electron chi connectivity index (χ0n) is 13.6. The summed E-state index contributed by atoms with van der Waals surface area (Å²) in [5, 5.41) is 5.60. The van der Waals surface area contributed by atoms with Crippen molar-refractivity contribution in [1.29, 1.82) is 0 Å². The van der Waals surface area contributed by atoms with Gasteiger partial charge in [-0.2, -0.15) is 0 Å². The molecule has 1 aromatic rings. The first-order valence-electron chi connectivity index (χ1n) is 7.80. The topological polar surface area (TPSA) is 64.7 Å². The molecule has 126 valence electrons. The third kappa shape index (κ3) is 5.11. The number of imide groups is 1. The average Bonchev–Trinajstić information content (AvgIpc) is 2.50. The lowest BCUT2D eigenvalue weighted by Gasteiger charge is -2.36. The molecule has 1 aliphatic rings. The third-order valence-corrected chi connectivity index (χ3v) is 4.08. The summed E-state index contributed by atoms with van der Waals surface area (Å²) in [5.41, 5.74) is 2.33. The largest absolute Gasteiger partial charge is 0.369 e. The predicted molar refractivity (Wildman–Crippen MR) is 92.1 cm³/mol. The fraction of sp³-hybridized carbons (Fsp3) is 0.500. The van der Waals surface area contributed by atoms with Gasteiger partial charge in [-0.05, 0) is 31.5 Å². The van der Waals surface area contributed by atoms with Crippen molar-refractivity contribution < 1.29 is 9.59 Å². The lowest BCUT2D eigenvalue weighted by Crippen LogP contribution is -2.51. The number of carbonyl (C=O) groups is 2. The number of urea groups is 1. The molecule has 1 fully saturated rings. The Bertz CT molecular complexity index is 571. The number of aryl methyl sites for hydroxylation is 1. The number of carbonyl (C=O) groups excluding carboxylic acids is 2. The van der Waals surface area contributed by atoms with Crippen molar-refractivity contribution in [2.45, 2.75) is 13.8 Å². The molecule has 0 unspecified atom stereocenters. The molecule has 1 aromatic carbocycles. The van der Waals surface area contributed by atoms with E-state index < -0.39 is 6.03 Å². The van der Waals surface area contributed by atoms with Gasteiger partial charge in [0.05, 0.1) is 6.54 Å². The van der Waals surface area contributed by atoms with E-state index in [4.69, 9.17) is 11.6 Å². The Morgan fingerprint density at radius 3 is 2.57 bits per heavy atom. The van der Waals surface area contributed by atoms with Crippen molar-refractivity contribution in [3.63, 3.8) is 0 Å². The van der Waals surface area contributed by atoms with Gasteiger partial charge in [-0.15, -0.1) is 0 Å². The first-order valence-corrected chi connectivity index (χ1v) is 8.18. The molecular formula is C16H23ClN4O2. The minimum Gasteiger partial charge on any atom is -0.369 e. The van der Waals surface area contributed by atoms with E-state index in [1.165, 1.54) is 5.56 Å². The molecule has 23 heavy (non-hydrogen) atoms. The number of hydrogen-bond acceptors (Lipinski definition) is 4. The van der Waals surface area contributed by atoms with Crippen LogP contribution in [0.5, 0.6) is 0 Å². The standard InChI is InChI=1S/C16H23ClN4O2/c1-3-18-16(23)19-15(22)11-20-6-8-21(9-7-20)14-10-13(17)5-4-12(14)2/h4-5,10H,3,6-9,11H2,1-2H3,(H2,18,19,22,23). The van der Waals surface area contributed by atoms with Crippen LogP contribution in [0, 0.1) is 6.92 Å². The van der Waals surface area contributed by atoms with Gasteiger partial charge in [0.25, 0.3) is 0 Å². The van der Waals surface area contributed by atoms with Crippen LogP contribution >= 0.6 is 11.6 Å². The van der Waals surface area contributed by atoms with Crippen LogP contribution in [0.15, 0.2) is 18.2 Å². The molecule has 0 radical (unpaired) electrons. The maximum absolute atomic E-state index is 11.8. The number of halogens is 1. The summed E-state index contributed by atoms with van der Waals surface area (Å²) >= 11 is 6.08. The Balaban J connectivity index is 1.83. The number of piperazine rings is 1. The molecule has 7 heteroatoms. The highest BCUT2D eigenvalue weighted by molar-refractivity contribution is 6.30. The third-order valence-electron chi connectivity index (χ3n) is 3.84. The monoisotopic (exact) mass is 338 g/mol. The van der Waals surface area contributed by atoms with Crippen LogP contribution in [0.2, 0.25) is 5.02 Å². The van der Waals surface area contributed by atoms with Crippen molar-refractivity contribution in [3.05, 3.63) is 28.8 Å². The lowest BCUT2D eigenvalue weighted by atomic mass is 10.1.